The van der Waals surface area contributed by atoms with E-state index in [1.165, 1.54) is 12.1 Å². The number of ether oxygens (including phenoxy) is 2. The molecule has 0 fully saturated rings. The minimum Gasteiger partial charge on any atom is -0.489 e. The van der Waals surface area contributed by atoms with Crippen molar-refractivity contribution in [3.8, 4) is 11.5 Å². The maximum Gasteiger partial charge on any atom is 0.199 e. The number of benzene rings is 2. The van der Waals surface area contributed by atoms with Crippen LogP contribution in [0, 0.1) is 0 Å². The maximum absolute atomic E-state index is 13.4. The molecule has 2 aromatic carbocycles. The molecule has 0 aliphatic rings. The molecule has 178 valence electrons. The quantitative estimate of drug-likeness (QED) is 0.322. The Balaban J connectivity index is 0.00000324. The average molecular weight is 501 g/mol. The van der Waals surface area contributed by atoms with E-state index in [2.05, 4.69) is 9.97 Å². The third-order valence-electron chi connectivity index (χ3n) is 5.04. The number of hydrogen-bond acceptors (Lipinski definition) is 6. The molecule has 1 N–H and O–H groups in total. The molecular formula is C25H25ClN2O5S. The summed E-state index contributed by atoms with van der Waals surface area (Å²) < 4.78 is 35.2. The van der Waals surface area contributed by atoms with Gasteiger partial charge in [-0.25, -0.2) is 13.4 Å². The van der Waals surface area contributed by atoms with Gasteiger partial charge >= 0.3 is 0 Å². The van der Waals surface area contributed by atoms with Crippen molar-refractivity contribution in [1.29, 1.82) is 0 Å². The van der Waals surface area contributed by atoms with E-state index < -0.39 is 9.84 Å². The standard InChI is InChI=1S/C24H21ClN2O5S.CH4/c1-3-31-23-18(22(28)19-13-27-24-17(19)7-5-11-26-24)6-4-8-21(23)32-14-15-9-10-16(12-20(15)25)33(2,29)30;/h4-13H,3,14H2,1-2H3,(H,26,27);1H4. The van der Waals surface area contributed by atoms with Crippen molar-refractivity contribution in [2.75, 3.05) is 12.9 Å². The zero-order valence-electron chi connectivity index (χ0n) is 18.0. The van der Waals surface area contributed by atoms with Gasteiger partial charge in [-0.3, -0.25) is 4.79 Å². The predicted molar refractivity (Wildman–Crippen MR) is 133 cm³/mol. The summed E-state index contributed by atoms with van der Waals surface area (Å²) in [7, 11) is -3.37. The van der Waals surface area contributed by atoms with Gasteiger partial charge in [-0.1, -0.05) is 31.2 Å². The first kappa shape index (κ1) is 25.3. The number of carbonyl (C=O) groups is 1. The van der Waals surface area contributed by atoms with Gasteiger partial charge in [-0.05, 0) is 43.3 Å². The van der Waals surface area contributed by atoms with E-state index >= 15 is 0 Å². The lowest BCUT2D eigenvalue weighted by Gasteiger charge is -2.16. The molecule has 4 aromatic rings. The molecule has 2 aromatic heterocycles. The summed E-state index contributed by atoms with van der Waals surface area (Å²) in [6, 6.07) is 13.2. The third-order valence-corrected chi connectivity index (χ3v) is 6.51. The van der Waals surface area contributed by atoms with Gasteiger partial charge in [0.25, 0.3) is 0 Å². The van der Waals surface area contributed by atoms with E-state index in [-0.39, 0.29) is 29.7 Å². The third kappa shape index (κ3) is 5.08. The number of ketones is 1. The molecule has 0 amide bonds. The number of H-pyrrole nitrogens is 1. The van der Waals surface area contributed by atoms with Crippen LogP contribution in [0.15, 0.2) is 65.8 Å². The second-order valence-electron chi connectivity index (χ2n) is 7.31. The lowest BCUT2D eigenvalue weighted by molar-refractivity contribution is 0.103. The Bertz CT molecular complexity index is 1450. The van der Waals surface area contributed by atoms with Gasteiger partial charge in [0.15, 0.2) is 27.1 Å². The number of hydrogen-bond donors (Lipinski definition) is 1. The highest BCUT2D eigenvalue weighted by Crippen LogP contribution is 2.35. The molecule has 0 aliphatic carbocycles. The van der Waals surface area contributed by atoms with Gasteiger partial charge in [-0.2, -0.15) is 0 Å². The maximum atomic E-state index is 13.4. The van der Waals surface area contributed by atoms with Gasteiger partial charge in [0, 0.05) is 40.2 Å². The van der Waals surface area contributed by atoms with Gasteiger partial charge < -0.3 is 14.5 Å². The Morgan fingerprint density at radius 1 is 1.09 bits per heavy atom. The summed E-state index contributed by atoms with van der Waals surface area (Å²) in [6.07, 6.45) is 4.41. The summed E-state index contributed by atoms with van der Waals surface area (Å²) in [4.78, 5) is 20.7. The van der Waals surface area contributed by atoms with Crippen molar-refractivity contribution in [2.45, 2.75) is 25.9 Å². The predicted octanol–water partition coefficient (Wildman–Crippen LogP) is 5.46. The molecule has 7 nitrogen and oxygen atoms in total. The molecule has 0 spiro atoms. The van der Waals surface area contributed by atoms with Gasteiger partial charge in [0.2, 0.25) is 0 Å². The fourth-order valence-electron chi connectivity index (χ4n) is 3.42. The second-order valence-corrected chi connectivity index (χ2v) is 9.73. The number of rotatable bonds is 8. The molecule has 9 heteroatoms. The fourth-order valence-corrected chi connectivity index (χ4v) is 4.37. The van der Waals surface area contributed by atoms with Crippen molar-refractivity contribution in [2.24, 2.45) is 0 Å². The van der Waals surface area contributed by atoms with Crippen molar-refractivity contribution in [1.82, 2.24) is 9.97 Å². The number of aromatic amines is 1. The molecule has 0 saturated carbocycles. The van der Waals surface area contributed by atoms with Crippen LogP contribution in [0.3, 0.4) is 0 Å². The topological polar surface area (TPSA) is 98.4 Å². The summed E-state index contributed by atoms with van der Waals surface area (Å²) in [5.41, 5.74) is 2.07. The molecule has 0 unspecified atom stereocenters. The average Bonchev–Trinajstić information content (AvgIpc) is 3.22. The first-order valence-corrected chi connectivity index (χ1v) is 12.4. The Hall–Kier alpha value is -3.36. The number of para-hydroxylation sites is 1. The number of nitrogens with zero attached hydrogens (tertiary/aromatic N) is 1. The minimum atomic E-state index is -3.37. The van der Waals surface area contributed by atoms with Crippen LogP contribution in [0.5, 0.6) is 11.5 Å². The molecule has 0 saturated heterocycles. The van der Waals surface area contributed by atoms with E-state index in [0.717, 1.165) is 6.26 Å². The number of carbonyl (C=O) groups excluding carboxylic acids is 1. The number of pyridine rings is 1. The SMILES string of the molecule is C.CCOc1c(OCc2ccc(S(C)(=O)=O)cc2Cl)cccc1C(=O)c1c[nH]c2ncccc12. The Morgan fingerprint density at radius 3 is 2.59 bits per heavy atom. The zero-order valence-corrected chi connectivity index (χ0v) is 19.5. The Labute approximate surface area is 203 Å². The molecule has 0 bridgehead atoms. The van der Waals surface area contributed by atoms with Gasteiger partial charge in [0.1, 0.15) is 12.3 Å². The molecule has 4 rings (SSSR count). The highest BCUT2D eigenvalue weighted by Gasteiger charge is 2.22. The number of halogens is 1. The van der Waals surface area contributed by atoms with Crippen LogP contribution in [0.2, 0.25) is 5.02 Å². The second kappa shape index (κ2) is 10.3. The zero-order chi connectivity index (χ0) is 23.6. The van der Waals surface area contributed by atoms with Crippen molar-refractivity contribution in [3.63, 3.8) is 0 Å². The van der Waals surface area contributed by atoms with Crippen LogP contribution >= 0.6 is 11.6 Å². The van der Waals surface area contributed by atoms with E-state index in [4.69, 9.17) is 21.1 Å². The Kier molecular flexibility index (Phi) is 7.64. The molecular weight excluding hydrogens is 476 g/mol. The minimum absolute atomic E-state index is 0. The summed E-state index contributed by atoms with van der Waals surface area (Å²) in [5.74, 6) is 0.481. The van der Waals surface area contributed by atoms with Crippen molar-refractivity contribution in [3.05, 3.63) is 82.6 Å². The first-order chi connectivity index (χ1) is 15.8. The van der Waals surface area contributed by atoms with Crippen LogP contribution in [-0.2, 0) is 16.4 Å². The number of nitrogens with one attached hydrogen (secondary N) is 1. The van der Waals surface area contributed by atoms with E-state index in [9.17, 15) is 13.2 Å². The summed E-state index contributed by atoms with van der Waals surface area (Å²) in [6.45, 7) is 2.22. The first-order valence-electron chi connectivity index (χ1n) is 10.1. The Morgan fingerprint density at radius 2 is 1.88 bits per heavy atom. The largest absolute Gasteiger partial charge is 0.489 e. The smallest absolute Gasteiger partial charge is 0.199 e. The highest BCUT2D eigenvalue weighted by molar-refractivity contribution is 7.90. The van der Waals surface area contributed by atoms with E-state index in [1.807, 2.05) is 13.0 Å². The molecule has 0 aliphatic heterocycles. The fraction of sp³-hybridized carbons (Fsp3) is 0.200. The van der Waals surface area contributed by atoms with Gasteiger partial charge in [0.05, 0.1) is 17.1 Å². The lowest BCUT2D eigenvalue weighted by Crippen LogP contribution is -2.08. The van der Waals surface area contributed by atoms with Crippen molar-refractivity contribution >= 4 is 38.3 Å². The number of aromatic nitrogens is 2. The van der Waals surface area contributed by atoms with E-state index in [1.54, 1.807) is 42.7 Å². The van der Waals surface area contributed by atoms with Gasteiger partial charge in [-0.15, -0.1) is 0 Å². The molecule has 34 heavy (non-hydrogen) atoms. The molecule has 0 radical (unpaired) electrons. The monoisotopic (exact) mass is 500 g/mol. The van der Waals surface area contributed by atoms with Crippen LogP contribution in [0.4, 0.5) is 0 Å². The normalized spacial score (nSPS) is 11.1. The summed E-state index contributed by atoms with van der Waals surface area (Å²) >= 11 is 6.27. The van der Waals surface area contributed by atoms with Crippen LogP contribution < -0.4 is 9.47 Å². The van der Waals surface area contributed by atoms with E-state index in [0.29, 0.717) is 45.8 Å². The number of fused-ring (bicyclic) bond motifs is 1. The molecule has 0 atom stereocenters. The highest BCUT2D eigenvalue weighted by atomic mass is 35.5. The van der Waals surface area contributed by atoms with Crippen LogP contribution in [0.25, 0.3) is 11.0 Å². The van der Waals surface area contributed by atoms with Crippen LogP contribution in [0.1, 0.15) is 35.8 Å². The number of sulfone groups is 1. The van der Waals surface area contributed by atoms with Crippen molar-refractivity contribution < 1.29 is 22.7 Å². The summed E-state index contributed by atoms with van der Waals surface area (Å²) in [5, 5.41) is 0.989. The molecule has 2 heterocycles. The van der Waals surface area contributed by atoms with Crippen LogP contribution in [-0.4, -0.2) is 37.0 Å². The lowest BCUT2D eigenvalue weighted by atomic mass is 10.0.